The molecule has 0 aliphatic carbocycles. The van der Waals surface area contributed by atoms with Crippen molar-refractivity contribution in [1.29, 1.82) is 0 Å². The Morgan fingerprint density at radius 3 is 1.73 bits per heavy atom. The molecule has 0 saturated carbocycles. The molecule has 0 unspecified atom stereocenters. The summed E-state index contributed by atoms with van der Waals surface area (Å²) in [6, 6.07) is 7.79. The minimum Gasteiger partial charge on any atom is -0.445 e. The minimum absolute atomic E-state index is 0.839. The number of aryl methyl sites for hydroxylation is 2. The quantitative estimate of drug-likeness (QED) is 0.667. The first kappa shape index (κ1) is 9.65. The number of nitrogens with zero attached hydrogens (tertiary/aromatic N) is 2. The monoisotopic (exact) mass is 202 g/mol. The van der Waals surface area contributed by atoms with Gasteiger partial charge in [0.15, 0.2) is 23.9 Å². The summed E-state index contributed by atoms with van der Waals surface area (Å²) in [7, 11) is 3.94. The second kappa shape index (κ2) is 4.09. The molecule has 3 nitrogen and oxygen atoms in total. The van der Waals surface area contributed by atoms with E-state index in [2.05, 4.69) is 0 Å². The molecule has 0 aliphatic rings. The fraction of sp³-hybridized carbons (Fsp3) is 0.167. The Hall–Kier alpha value is -1.90. The van der Waals surface area contributed by atoms with Gasteiger partial charge in [-0.3, -0.25) is 0 Å². The van der Waals surface area contributed by atoms with E-state index in [-0.39, 0.29) is 0 Å². The van der Waals surface area contributed by atoms with Crippen molar-refractivity contribution in [1.82, 2.24) is 0 Å². The molecular formula is C12H14N2O+2. The Morgan fingerprint density at radius 2 is 1.33 bits per heavy atom. The van der Waals surface area contributed by atoms with Crippen molar-refractivity contribution >= 4 is 0 Å². The van der Waals surface area contributed by atoms with Crippen LogP contribution in [0.15, 0.2) is 49.1 Å². The van der Waals surface area contributed by atoms with Gasteiger partial charge in [0, 0.05) is 12.1 Å². The van der Waals surface area contributed by atoms with Crippen LogP contribution < -0.4 is 13.9 Å². The van der Waals surface area contributed by atoms with Crippen LogP contribution in [-0.2, 0) is 14.1 Å². The lowest BCUT2D eigenvalue weighted by Gasteiger charge is -2.01. The third-order valence-corrected chi connectivity index (χ3v) is 2.06. The van der Waals surface area contributed by atoms with Crippen LogP contribution in [0.3, 0.4) is 0 Å². The summed E-state index contributed by atoms with van der Waals surface area (Å²) in [5.41, 5.74) is 0. The SMILES string of the molecule is C[n+]1cccc(Oc2ccc[n+](C)c2)c1. The van der Waals surface area contributed by atoms with Crippen molar-refractivity contribution in [3.63, 3.8) is 0 Å². The molecule has 0 bridgehead atoms. The standard InChI is InChI=1S/C12H14N2O/c1-13-7-3-5-11(9-13)15-12-6-4-8-14(2)10-12/h3-10H,1-2H3/q+2. The third kappa shape index (κ3) is 2.53. The smallest absolute Gasteiger partial charge is 0.211 e. The predicted octanol–water partition coefficient (Wildman–Crippen LogP) is 1.13. The highest BCUT2D eigenvalue weighted by atomic mass is 16.5. The molecule has 0 amide bonds. The topological polar surface area (TPSA) is 17.0 Å². The van der Waals surface area contributed by atoms with Gasteiger partial charge in [0.1, 0.15) is 14.1 Å². The van der Waals surface area contributed by atoms with Crippen LogP contribution in [0.5, 0.6) is 11.5 Å². The van der Waals surface area contributed by atoms with E-state index in [1.54, 1.807) is 0 Å². The summed E-state index contributed by atoms with van der Waals surface area (Å²) in [4.78, 5) is 0. The fourth-order valence-corrected chi connectivity index (χ4v) is 1.38. The van der Waals surface area contributed by atoms with Crippen LogP contribution in [0.25, 0.3) is 0 Å². The molecule has 2 rings (SSSR count). The Balaban J connectivity index is 2.22. The van der Waals surface area contributed by atoms with Gasteiger partial charge in [0.2, 0.25) is 12.4 Å². The van der Waals surface area contributed by atoms with E-state index in [1.807, 2.05) is 72.3 Å². The molecule has 0 spiro atoms. The van der Waals surface area contributed by atoms with E-state index in [1.165, 1.54) is 0 Å². The lowest BCUT2D eigenvalue weighted by molar-refractivity contribution is -0.672. The Kier molecular flexibility index (Phi) is 2.63. The number of ether oxygens (including phenoxy) is 1. The summed E-state index contributed by atoms with van der Waals surface area (Å²) >= 11 is 0. The zero-order chi connectivity index (χ0) is 10.7. The average Bonchev–Trinajstić information content (AvgIpc) is 2.17. The third-order valence-electron chi connectivity index (χ3n) is 2.06. The fourth-order valence-electron chi connectivity index (χ4n) is 1.38. The number of pyridine rings is 2. The summed E-state index contributed by atoms with van der Waals surface area (Å²) in [6.45, 7) is 0. The van der Waals surface area contributed by atoms with E-state index < -0.39 is 0 Å². The molecule has 2 aromatic rings. The maximum Gasteiger partial charge on any atom is 0.211 e. The molecule has 0 atom stereocenters. The predicted molar refractivity (Wildman–Crippen MR) is 55.3 cm³/mol. The van der Waals surface area contributed by atoms with Crippen LogP contribution in [-0.4, -0.2) is 0 Å². The maximum absolute atomic E-state index is 5.70. The normalized spacial score (nSPS) is 10.0. The van der Waals surface area contributed by atoms with Crippen molar-refractivity contribution in [3.8, 4) is 11.5 Å². The van der Waals surface area contributed by atoms with Gasteiger partial charge in [-0.1, -0.05) is 0 Å². The Morgan fingerprint density at radius 1 is 0.867 bits per heavy atom. The minimum atomic E-state index is 0.839. The zero-order valence-electron chi connectivity index (χ0n) is 8.92. The van der Waals surface area contributed by atoms with E-state index in [9.17, 15) is 0 Å². The van der Waals surface area contributed by atoms with Crippen LogP contribution >= 0.6 is 0 Å². The number of rotatable bonds is 2. The highest BCUT2D eigenvalue weighted by molar-refractivity contribution is 5.23. The lowest BCUT2D eigenvalue weighted by atomic mass is 10.4. The van der Waals surface area contributed by atoms with Gasteiger partial charge in [0.25, 0.3) is 0 Å². The number of aromatic nitrogens is 2. The van der Waals surface area contributed by atoms with Crippen molar-refractivity contribution in [2.24, 2.45) is 14.1 Å². The van der Waals surface area contributed by atoms with Gasteiger partial charge in [-0.25, -0.2) is 9.13 Å². The summed E-state index contributed by atoms with van der Waals surface area (Å²) in [6.07, 6.45) is 7.82. The molecular weight excluding hydrogens is 188 g/mol. The first-order valence-electron chi connectivity index (χ1n) is 4.82. The van der Waals surface area contributed by atoms with Gasteiger partial charge in [-0.15, -0.1) is 0 Å². The summed E-state index contributed by atoms with van der Waals surface area (Å²) in [5, 5.41) is 0. The molecule has 0 radical (unpaired) electrons. The molecule has 0 fully saturated rings. The Bertz CT molecular complexity index is 425. The van der Waals surface area contributed by atoms with Gasteiger partial charge >= 0.3 is 0 Å². The first-order valence-corrected chi connectivity index (χ1v) is 4.82. The van der Waals surface area contributed by atoms with E-state index in [4.69, 9.17) is 4.74 Å². The van der Waals surface area contributed by atoms with Gasteiger partial charge < -0.3 is 4.74 Å². The van der Waals surface area contributed by atoms with E-state index in [0.29, 0.717) is 0 Å². The maximum atomic E-state index is 5.70. The molecule has 2 heterocycles. The second-order valence-corrected chi connectivity index (χ2v) is 3.51. The molecule has 0 saturated heterocycles. The lowest BCUT2D eigenvalue weighted by Crippen LogP contribution is -2.27. The first-order chi connectivity index (χ1) is 7.24. The summed E-state index contributed by atoms with van der Waals surface area (Å²) < 4.78 is 9.61. The average molecular weight is 202 g/mol. The molecule has 0 aromatic carbocycles. The Labute approximate surface area is 89.2 Å². The van der Waals surface area contributed by atoms with Gasteiger partial charge in [-0.2, -0.15) is 0 Å². The zero-order valence-corrected chi connectivity index (χ0v) is 8.92. The summed E-state index contributed by atoms with van der Waals surface area (Å²) in [5.74, 6) is 1.68. The van der Waals surface area contributed by atoms with Crippen molar-refractivity contribution in [3.05, 3.63) is 49.1 Å². The van der Waals surface area contributed by atoms with Crippen LogP contribution in [0.4, 0.5) is 0 Å². The van der Waals surface area contributed by atoms with Crippen molar-refractivity contribution in [2.75, 3.05) is 0 Å². The van der Waals surface area contributed by atoms with Crippen molar-refractivity contribution < 1.29 is 13.9 Å². The largest absolute Gasteiger partial charge is 0.445 e. The number of hydrogen-bond acceptors (Lipinski definition) is 1. The molecule has 15 heavy (non-hydrogen) atoms. The number of hydrogen-bond donors (Lipinski definition) is 0. The van der Waals surface area contributed by atoms with Gasteiger partial charge in [-0.05, 0) is 12.1 Å². The van der Waals surface area contributed by atoms with E-state index in [0.717, 1.165) is 11.5 Å². The highest BCUT2D eigenvalue weighted by Crippen LogP contribution is 2.16. The molecule has 76 valence electrons. The van der Waals surface area contributed by atoms with Crippen LogP contribution in [0.1, 0.15) is 0 Å². The highest BCUT2D eigenvalue weighted by Gasteiger charge is 2.03. The van der Waals surface area contributed by atoms with E-state index >= 15 is 0 Å². The molecule has 3 heteroatoms. The second-order valence-electron chi connectivity index (χ2n) is 3.51. The van der Waals surface area contributed by atoms with Crippen molar-refractivity contribution in [2.45, 2.75) is 0 Å². The molecule has 0 aliphatic heterocycles. The molecule has 2 aromatic heterocycles. The van der Waals surface area contributed by atoms with Gasteiger partial charge in [0.05, 0.1) is 0 Å². The van der Waals surface area contributed by atoms with Crippen LogP contribution in [0.2, 0.25) is 0 Å². The molecule has 0 N–H and O–H groups in total. The van der Waals surface area contributed by atoms with Crippen LogP contribution in [0, 0.1) is 0 Å².